The first kappa shape index (κ1) is 19.1. The molecule has 2 atom stereocenters. The first-order valence-corrected chi connectivity index (χ1v) is 5.86. The van der Waals surface area contributed by atoms with E-state index in [2.05, 4.69) is 9.97 Å². The first-order chi connectivity index (χ1) is 7.02. The summed E-state index contributed by atoms with van der Waals surface area (Å²) in [5.41, 5.74) is -2.02. The van der Waals surface area contributed by atoms with Crippen molar-refractivity contribution >= 4 is 34.3 Å². The Morgan fingerprint density at radius 3 is 2.38 bits per heavy atom. The molecule has 0 aliphatic rings. The third-order valence-electron chi connectivity index (χ3n) is 1.14. The van der Waals surface area contributed by atoms with Crippen LogP contribution in [0.3, 0.4) is 0 Å². The monoisotopic (exact) mass is 294 g/mol. The SMILES string of the molecule is CC.O=S([O-])C(O)c1ncc(Cl)nc1Cl.[Na+]. The molecule has 86 valence electrons. The van der Waals surface area contributed by atoms with Crippen molar-refractivity contribution in [3.05, 3.63) is 22.2 Å². The van der Waals surface area contributed by atoms with Gasteiger partial charge in [-0.05, 0) is 11.1 Å². The average molecular weight is 295 g/mol. The molecular formula is C7H9Cl2N2NaO3S. The van der Waals surface area contributed by atoms with Crippen LogP contribution in [0.15, 0.2) is 6.20 Å². The van der Waals surface area contributed by atoms with Crippen molar-refractivity contribution in [1.29, 1.82) is 0 Å². The number of aliphatic hydroxyl groups excluding tert-OH is 1. The van der Waals surface area contributed by atoms with Crippen LogP contribution >= 0.6 is 23.2 Å². The summed E-state index contributed by atoms with van der Waals surface area (Å²) in [7, 11) is 0. The van der Waals surface area contributed by atoms with Gasteiger partial charge in [-0.2, -0.15) is 0 Å². The van der Waals surface area contributed by atoms with E-state index in [1.807, 2.05) is 13.8 Å². The van der Waals surface area contributed by atoms with Gasteiger partial charge in [-0.25, -0.2) is 4.98 Å². The minimum absolute atomic E-state index is 0. The van der Waals surface area contributed by atoms with E-state index in [0.29, 0.717) is 0 Å². The summed E-state index contributed by atoms with van der Waals surface area (Å²) < 4.78 is 20.7. The number of halogens is 2. The van der Waals surface area contributed by atoms with Crippen molar-refractivity contribution in [2.75, 3.05) is 0 Å². The number of aromatic nitrogens is 2. The molecule has 5 nitrogen and oxygen atoms in total. The van der Waals surface area contributed by atoms with Gasteiger partial charge in [0.1, 0.15) is 10.8 Å². The predicted molar refractivity (Wildman–Crippen MR) is 57.3 cm³/mol. The van der Waals surface area contributed by atoms with Crippen LogP contribution in [0.1, 0.15) is 25.0 Å². The average Bonchev–Trinajstić information content (AvgIpc) is 2.20. The molecule has 1 N–H and O–H groups in total. The molecule has 0 bridgehead atoms. The normalized spacial score (nSPS) is 12.9. The van der Waals surface area contributed by atoms with Crippen molar-refractivity contribution in [2.45, 2.75) is 19.3 Å². The van der Waals surface area contributed by atoms with Gasteiger partial charge in [0.25, 0.3) is 0 Å². The minimum Gasteiger partial charge on any atom is -0.770 e. The second-order valence-electron chi connectivity index (χ2n) is 1.98. The van der Waals surface area contributed by atoms with Crippen LogP contribution in [0.4, 0.5) is 0 Å². The molecule has 1 aromatic rings. The van der Waals surface area contributed by atoms with Crippen LogP contribution in [0.25, 0.3) is 0 Å². The Bertz CT molecular complexity index is 356. The van der Waals surface area contributed by atoms with Crippen molar-refractivity contribution < 1.29 is 43.4 Å². The second kappa shape index (κ2) is 9.73. The molecule has 1 aromatic heterocycles. The zero-order valence-electron chi connectivity index (χ0n) is 8.98. The zero-order chi connectivity index (χ0) is 12.0. The van der Waals surface area contributed by atoms with Crippen molar-refractivity contribution in [3.8, 4) is 0 Å². The molecule has 0 saturated heterocycles. The van der Waals surface area contributed by atoms with Crippen LogP contribution in [-0.2, 0) is 11.1 Å². The van der Waals surface area contributed by atoms with E-state index < -0.39 is 16.5 Å². The predicted octanol–water partition coefficient (Wildman–Crippen LogP) is -1.32. The van der Waals surface area contributed by atoms with Crippen molar-refractivity contribution in [3.63, 3.8) is 0 Å². The molecule has 0 amide bonds. The summed E-state index contributed by atoms with van der Waals surface area (Å²) in [6.45, 7) is 4.00. The Kier molecular flexibility index (Phi) is 11.6. The van der Waals surface area contributed by atoms with Gasteiger partial charge in [0.2, 0.25) is 0 Å². The van der Waals surface area contributed by atoms with E-state index in [-0.39, 0.29) is 45.6 Å². The zero-order valence-corrected chi connectivity index (χ0v) is 13.3. The number of aliphatic hydroxyl groups is 1. The smallest absolute Gasteiger partial charge is 0.770 e. The first-order valence-electron chi connectivity index (χ1n) is 3.96. The molecule has 16 heavy (non-hydrogen) atoms. The topological polar surface area (TPSA) is 86.1 Å². The molecule has 0 aliphatic carbocycles. The molecule has 1 heterocycles. The molecule has 9 heteroatoms. The number of nitrogens with zero attached hydrogens (tertiary/aromatic N) is 2. The van der Waals surface area contributed by atoms with E-state index in [1.54, 1.807) is 0 Å². The van der Waals surface area contributed by atoms with Crippen LogP contribution in [0.2, 0.25) is 10.3 Å². The van der Waals surface area contributed by atoms with Crippen molar-refractivity contribution in [1.82, 2.24) is 9.97 Å². The van der Waals surface area contributed by atoms with Crippen LogP contribution in [0.5, 0.6) is 0 Å². The van der Waals surface area contributed by atoms with Gasteiger partial charge in [0.05, 0.1) is 6.20 Å². The number of hydrogen-bond donors (Lipinski definition) is 1. The number of hydrogen-bond acceptors (Lipinski definition) is 5. The Labute approximate surface area is 128 Å². The van der Waals surface area contributed by atoms with E-state index in [9.17, 15) is 8.76 Å². The van der Waals surface area contributed by atoms with Gasteiger partial charge in [0.15, 0.2) is 10.6 Å². The van der Waals surface area contributed by atoms with Crippen LogP contribution in [0, 0.1) is 0 Å². The van der Waals surface area contributed by atoms with E-state index in [4.69, 9.17) is 28.3 Å². The summed E-state index contributed by atoms with van der Waals surface area (Å²) >= 11 is 8.18. The maximum atomic E-state index is 10.3. The van der Waals surface area contributed by atoms with Gasteiger partial charge in [-0.3, -0.25) is 9.19 Å². The molecule has 0 saturated carbocycles. The molecule has 2 unspecified atom stereocenters. The van der Waals surface area contributed by atoms with E-state index >= 15 is 0 Å². The van der Waals surface area contributed by atoms with E-state index in [0.717, 1.165) is 6.20 Å². The Morgan fingerprint density at radius 1 is 1.50 bits per heavy atom. The maximum Gasteiger partial charge on any atom is 1.00 e. The number of rotatable bonds is 2. The Morgan fingerprint density at radius 2 is 2.00 bits per heavy atom. The molecular weight excluding hydrogens is 286 g/mol. The summed E-state index contributed by atoms with van der Waals surface area (Å²) in [6.07, 6.45) is 1.10. The van der Waals surface area contributed by atoms with E-state index in [1.165, 1.54) is 0 Å². The van der Waals surface area contributed by atoms with Crippen LogP contribution < -0.4 is 29.6 Å². The van der Waals surface area contributed by atoms with Gasteiger partial charge in [-0.15, -0.1) is 0 Å². The molecule has 0 radical (unpaired) electrons. The quantitative estimate of drug-likeness (QED) is 0.540. The Hall–Kier alpha value is 0.730. The molecule has 0 spiro atoms. The molecule has 0 aliphatic heterocycles. The molecule has 0 aromatic carbocycles. The fourth-order valence-corrected chi connectivity index (χ4v) is 1.45. The van der Waals surface area contributed by atoms with Gasteiger partial charge in [0, 0.05) is 0 Å². The standard InChI is InChI=1S/C5H4Cl2N2O3S.C2H6.Na/c6-2-1-8-3(4(7)9-2)5(10)13(11)12;1-2;/h1,5,10H,(H,11,12);1-2H3;/q;;+1/p-1. The summed E-state index contributed by atoms with van der Waals surface area (Å²) in [5, 5.41) is 8.82. The van der Waals surface area contributed by atoms with Gasteiger partial charge >= 0.3 is 29.6 Å². The third kappa shape index (κ3) is 5.88. The maximum absolute atomic E-state index is 10.3. The van der Waals surface area contributed by atoms with Gasteiger partial charge in [-0.1, -0.05) is 37.0 Å². The second-order valence-corrected chi connectivity index (χ2v) is 3.69. The fourth-order valence-electron chi connectivity index (χ4n) is 0.613. The van der Waals surface area contributed by atoms with Crippen molar-refractivity contribution in [2.24, 2.45) is 0 Å². The Balaban J connectivity index is 0. The molecule has 0 fully saturated rings. The largest absolute Gasteiger partial charge is 1.00 e. The van der Waals surface area contributed by atoms with Gasteiger partial charge < -0.3 is 9.66 Å². The summed E-state index contributed by atoms with van der Waals surface area (Å²) in [4.78, 5) is 7.04. The minimum atomic E-state index is -2.70. The van der Waals surface area contributed by atoms with Crippen LogP contribution in [-0.4, -0.2) is 23.8 Å². The summed E-state index contributed by atoms with van der Waals surface area (Å²) in [6, 6.07) is 0. The fraction of sp³-hybridized carbons (Fsp3) is 0.429. The third-order valence-corrected chi connectivity index (χ3v) is 2.19. The summed E-state index contributed by atoms with van der Waals surface area (Å²) in [5.74, 6) is 0. The molecule has 1 rings (SSSR count).